The first-order chi connectivity index (χ1) is 22.9. The second kappa shape index (κ2) is 11.5. The van der Waals surface area contributed by atoms with Crippen LogP contribution in [0.3, 0.4) is 0 Å². The van der Waals surface area contributed by atoms with E-state index >= 15 is 0 Å². The van der Waals surface area contributed by atoms with Crippen molar-refractivity contribution in [3.63, 3.8) is 0 Å². The molecule has 5 aromatic carbocycles. The standard InChI is InChI=1S/C43H38BNO2/c1-5-43(4)42(2,3)46-44(47-43)30-24-27-39(45-28-30)41-36-22-14-12-20-34(36)40(35-21-13-15-23-37(35)41)38-26-25-31(29-16-8-6-9-17-29)32-18-10-7-11-19-33(32)38/h6,8-28H,5,7H2,1-4H3. The van der Waals surface area contributed by atoms with Crippen LogP contribution >= 0.6 is 0 Å². The molecule has 0 saturated carbocycles. The molecular formula is C43H38BNO2. The molecule has 1 aliphatic heterocycles. The van der Waals surface area contributed by atoms with Gasteiger partial charge in [-0.25, -0.2) is 0 Å². The molecule has 3 nitrogen and oxygen atoms in total. The molecule has 0 spiro atoms. The van der Waals surface area contributed by atoms with E-state index in [1.807, 2.05) is 6.20 Å². The topological polar surface area (TPSA) is 31.4 Å². The number of fused-ring (bicyclic) bond motifs is 3. The fraction of sp³-hybridized carbons (Fsp3) is 0.186. The highest BCUT2D eigenvalue weighted by atomic mass is 16.7. The molecule has 0 N–H and O–H groups in total. The number of nitrogens with zero attached hydrogens (tertiary/aromatic N) is 1. The van der Waals surface area contributed by atoms with Crippen molar-refractivity contribution in [3.8, 4) is 33.5 Å². The summed E-state index contributed by atoms with van der Waals surface area (Å²) in [5, 5.41) is 4.80. The molecule has 1 saturated heterocycles. The molecule has 230 valence electrons. The highest BCUT2D eigenvalue weighted by molar-refractivity contribution is 6.62. The Hall–Kier alpha value is -4.77. The molecule has 1 aromatic heterocycles. The smallest absolute Gasteiger partial charge is 0.399 e. The number of rotatable bonds is 5. The molecule has 2 heterocycles. The zero-order valence-electron chi connectivity index (χ0n) is 27.5. The highest BCUT2D eigenvalue weighted by Gasteiger charge is 2.53. The van der Waals surface area contributed by atoms with Gasteiger partial charge < -0.3 is 9.31 Å². The third kappa shape index (κ3) is 4.86. The van der Waals surface area contributed by atoms with Crippen LogP contribution in [0, 0.1) is 0 Å². The van der Waals surface area contributed by atoms with Gasteiger partial charge in [-0.3, -0.25) is 4.98 Å². The van der Waals surface area contributed by atoms with Crippen molar-refractivity contribution >= 4 is 46.3 Å². The average molecular weight is 612 g/mol. The Balaban J connectivity index is 1.32. The first-order valence-corrected chi connectivity index (χ1v) is 16.7. The maximum absolute atomic E-state index is 6.47. The minimum Gasteiger partial charge on any atom is -0.399 e. The summed E-state index contributed by atoms with van der Waals surface area (Å²) in [6, 6.07) is 37.1. The lowest BCUT2D eigenvalue weighted by Gasteiger charge is -2.35. The van der Waals surface area contributed by atoms with Crippen molar-refractivity contribution in [1.82, 2.24) is 4.98 Å². The second-order valence-electron chi connectivity index (χ2n) is 13.4. The molecule has 4 heteroatoms. The lowest BCUT2D eigenvalue weighted by molar-refractivity contribution is -0.0118. The summed E-state index contributed by atoms with van der Waals surface area (Å²) in [5.41, 5.74) is 9.74. The van der Waals surface area contributed by atoms with Crippen LogP contribution in [0.1, 0.15) is 51.7 Å². The van der Waals surface area contributed by atoms with E-state index in [0.29, 0.717) is 0 Å². The molecule has 1 atom stereocenters. The summed E-state index contributed by atoms with van der Waals surface area (Å²) >= 11 is 0. The highest BCUT2D eigenvalue weighted by Crippen LogP contribution is 2.46. The first-order valence-electron chi connectivity index (χ1n) is 16.7. The molecule has 8 rings (SSSR count). The van der Waals surface area contributed by atoms with Gasteiger partial charge in [-0.1, -0.05) is 128 Å². The zero-order chi connectivity index (χ0) is 32.2. The van der Waals surface area contributed by atoms with Gasteiger partial charge in [0.2, 0.25) is 0 Å². The summed E-state index contributed by atoms with van der Waals surface area (Å²) < 4.78 is 12.9. The van der Waals surface area contributed by atoms with E-state index in [4.69, 9.17) is 14.3 Å². The summed E-state index contributed by atoms with van der Waals surface area (Å²) in [5.74, 6) is 0. The maximum Gasteiger partial charge on any atom is 0.496 e. The fourth-order valence-electron chi connectivity index (χ4n) is 7.36. The number of pyridine rings is 1. The van der Waals surface area contributed by atoms with Gasteiger partial charge in [-0.05, 0) is 94.6 Å². The Labute approximate surface area is 277 Å². The van der Waals surface area contributed by atoms with Gasteiger partial charge in [-0.2, -0.15) is 0 Å². The van der Waals surface area contributed by atoms with Gasteiger partial charge in [0.1, 0.15) is 0 Å². The fourth-order valence-corrected chi connectivity index (χ4v) is 7.36. The molecule has 1 fully saturated rings. The minimum atomic E-state index is -0.441. The van der Waals surface area contributed by atoms with Crippen LogP contribution < -0.4 is 5.46 Å². The van der Waals surface area contributed by atoms with Crippen LogP contribution in [0.2, 0.25) is 0 Å². The molecule has 1 unspecified atom stereocenters. The van der Waals surface area contributed by atoms with E-state index in [1.165, 1.54) is 54.9 Å². The van der Waals surface area contributed by atoms with Gasteiger partial charge in [0.05, 0.1) is 16.9 Å². The summed E-state index contributed by atoms with van der Waals surface area (Å²) in [4.78, 5) is 5.07. The lowest BCUT2D eigenvalue weighted by atomic mass is 9.79. The van der Waals surface area contributed by atoms with Gasteiger partial charge in [0, 0.05) is 17.2 Å². The Bertz CT molecular complexity index is 2140. The quantitative estimate of drug-likeness (QED) is 0.144. The summed E-state index contributed by atoms with van der Waals surface area (Å²) in [6.45, 7) is 8.50. The van der Waals surface area contributed by atoms with Crippen LogP contribution in [-0.2, 0) is 9.31 Å². The van der Waals surface area contributed by atoms with Crippen molar-refractivity contribution in [2.24, 2.45) is 0 Å². The van der Waals surface area contributed by atoms with E-state index < -0.39 is 12.7 Å². The third-order valence-electron chi connectivity index (χ3n) is 10.4. The van der Waals surface area contributed by atoms with E-state index in [-0.39, 0.29) is 5.60 Å². The van der Waals surface area contributed by atoms with Crippen LogP contribution in [0.25, 0.3) is 67.2 Å². The predicted molar refractivity (Wildman–Crippen MR) is 199 cm³/mol. The van der Waals surface area contributed by atoms with Crippen molar-refractivity contribution in [1.29, 1.82) is 0 Å². The van der Waals surface area contributed by atoms with E-state index in [9.17, 15) is 0 Å². The monoisotopic (exact) mass is 611 g/mol. The van der Waals surface area contributed by atoms with Gasteiger partial charge >= 0.3 is 7.12 Å². The molecular weight excluding hydrogens is 573 g/mol. The van der Waals surface area contributed by atoms with E-state index in [2.05, 4.69) is 155 Å². The van der Waals surface area contributed by atoms with Crippen molar-refractivity contribution in [2.45, 2.75) is 51.7 Å². The van der Waals surface area contributed by atoms with Crippen LogP contribution in [0.15, 0.2) is 121 Å². The molecule has 47 heavy (non-hydrogen) atoms. The average Bonchev–Trinajstić information content (AvgIpc) is 3.23. The molecule has 0 bridgehead atoms. The Morgan fingerprint density at radius 2 is 1.21 bits per heavy atom. The Kier molecular flexibility index (Phi) is 7.24. The lowest BCUT2D eigenvalue weighted by Crippen LogP contribution is -2.44. The maximum atomic E-state index is 6.47. The van der Waals surface area contributed by atoms with Crippen molar-refractivity contribution < 1.29 is 9.31 Å². The van der Waals surface area contributed by atoms with Crippen molar-refractivity contribution in [3.05, 3.63) is 133 Å². The number of hydrogen-bond donors (Lipinski definition) is 0. The van der Waals surface area contributed by atoms with Gasteiger partial charge in [-0.15, -0.1) is 0 Å². The third-order valence-corrected chi connectivity index (χ3v) is 10.4. The normalized spacial score (nSPS) is 18.5. The Morgan fingerprint density at radius 1 is 0.638 bits per heavy atom. The number of aromatic nitrogens is 1. The zero-order valence-corrected chi connectivity index (χ0v) is 27.5. The first kappa shape index (κ1) is 29.6. The van der Waals surface area contributed by atoms with Crippen molar-refractivity contribution in [2.75, 3.05) is 0 Å². The van der Waals surface area contributed by atoms with E-state index in [0.717, 1.165) is 29.6 Å². The Morgan fingerprint density at radius 3 is 1.79 bits per heavy atom. The molecule has 2 aliphatic rings. The van der Waals surface area contributed by atoms with Crippen LogP contribution in [0.5, 0.6) is 0 Å². The molecule has 0 amide bonds. The largest absolute Gasteiger partial charge is 0.496 e. The SMILES string of the molecule is CCC1(C)OB(c2ccc(-c3c4ccccc4c(-c4ccc(-c5ccccc5)c5c4C=CCC=C5)c4ccccc34)nc2)OC1(C)C. The molecule has 0 radical (unpaired) electrons. The van der Waals surface area contributed by atoms with Crippen LogP contribution in [-0.4, -0.2) is 23.3 Å². The number of allylic oxidation sites excluding steroid dienone is 2. The predicted octanol–water partition coefficient (Wildman–Crippen LogP) is 10.5. The van der Waals surface area contributed by atoms with Crippen LogP contribution in [0.4, 0.5) is 0 Å². The second-order valence-corrected chi connectivity index (χ2v) is 13.4. The van der Waals surface area contributed by atoms with Gasteiger partial charge in [0.15, 0.2) is 0 Å². The molecule has 6 aromatic rings. The number of hydrogen-bond acceptors (Lipinski definition) is 3. The summed E-state index contributed by atoms with van der Waals surface area (Å²) in [6.07, 6.45) is 12.9. The molecule has 1 aliphatic carbocycles. The minimum absolute atomic E-state index is 0.360. The number of benzene rings is 5. The summed E-state index contributed by atoms with van der Waals surface area (Å²) in [7, 11) is -0.441. The van der Waals surface area contributed by atoms with E-state index in [1.54, 1.807) is 0 Å². The van der Waals surface area contributed by atoms with Gasteiger partial charge in [0.25, 0.3) is 0 Å².